The third-order valence-electron chi connectivity index (χ3n) is 2.71. The molecule has 1 heterocycles. The molecule has 92 valence electrons. The quantitative estimate of drug-likeness (QED) is 0.791. The van der Waals surface area contributed by atoms with Gasteiger partial charge in [-0.1, -0.05) is 42.5 Å². The molecule has 0 bridgehead atoms. The van der Waals surface area contributed by atoms with Crippen LogP contribution in [0.25, 0.3) is 0 Å². The van der Waals surface area contributed by atoms with Crippen molar-refractivity contribution in [2.24, 2.45) is 0 Å². The van der Waals surface area contributed by atoms with Gasteiger partial charge in [0.05, 0.1) is 32.0 Å². The summed E-state index contributed by atoms with van der Waals surface area (Å²) in [5.41, 5.74) is 1.16. The maximum absolute atomic E-state index is 9.01. The van der Waals surface area contributed by atoms with Crippen LogP contribution in [0, 0.1) is 0 Å². The molecule has 0 amide bonds. The van der Waals surface area contributed by atoms with Gasteiger partial charge in [0.15, 0.2) is 0 Å². The van der Waals surface area contributed by atoms with Gasteiger partial charge in [0, 0.05) is 0 Å². The van der Waals surface area contributed by atoms with E-state index in [9.17, 15) is 0 Å². The summed E-state index contributed by atoms with van der Waals surface area (Å²) in [4.78, 5) is 0. The van der Waals surface area contributed by atoms with Crippen LogP contribution in [0.2, 0.25) is 0 Å². The summed E-state index contributed by atoms with van der Waals surface area (Å²) in [5.74, 6) is 0. The van der Waals surface area contributed by atoms with Crippen molar-refractivity contribution in [2.75, 3.05) is 13.2 Å². The van der Waals surface area contributed by atoms with Crippen molar-refractivity contribution in [3.05, 3.63) is 48.0 Å². The maximum Gasteiger partial charge on any atom is 0.0994 e. The zero-order chi connectivity index (χ0) is 11.9. The van der Waals surface area contributed by atoms with Crippen molar-refractivity contribution in [3.8, 4) is 0 Å². The van der Waals surface area contributed by atoms with Gasteiger partial charge in [-0.15, -0.1) is 0 Å². The Bertz CT molecular complexity index is 348. The van der Waals surface area contributed by atoms with Crippen molar-refractivity contribution in [1.82, 2.24) is 0 Å². The van der Waals surface area contributed by atoms with E-state index in [-0.39, 0.29) is 18.8 Å². The first-order chi connectivity index (χ1) is 8.38. The number of aliphatic hydroxyl groups excluding tert-OH is 1. The lowest BCUT2D eigenvalue weighted by molar-refractivity contribution is -0.0611. The van der Waals surface area contributed by atoms with E-state index in [1.54, 1.807) is 0 Å². The molecule has 1 aromatic rings. The zero-order valence-electron chi connectivity index (χ0n) is 9.79. The highest BCUT2D eigenvalue weighted by Crippen LogP contribution is 2.12. The van der Waals surface area contributed by atoms with Crippen LogP contribution in [-0.2, 0) is 16.1 Å². The van der Waals surface area contributed by atoms with Gasteiger partial charge in [-0.25, -0.2) is 0 Å². The molecule has 17 heavy (non-hydrogen) atoms. The van der Waals surface area contributed by atoms with Crippen LogP contribution in [0.1, 0.15) is 12.0 Å². The fourth-order valence-electron chi connectivity index (χ4n) is 1.81. The van der Waals surface area contributed by atoms with Gasteiger partial charge in [-0.05, 0) is 12.0 Å². The first-order valence-corrected chi connectivity index (χ1v) is 5.93. The van der Waals surface area contributed by atoms with Crippen LogP contribution in [0.4, 0.5) is 0 Å². The van der Waals surface area contributed by atoms with E-state index in [2.05, 4.69) is 0 Å². The maximum atomic E-state index is 9.01. The van der Waals surface area contributed by atoms with Crippen molar-refractivity contribution in [2.45, 2.75) is 25.2 Å². The zero-order valence-corrected chi connectivity index (χ0v) is 9.79. The predicted molar refractivity (Wildman–Crippen MR) is 65.6 cm³/mol. The summed E-state index contributed by atoms with van der Waals surface area (Å²) in [6.07, 6.45) is 4.71. The van der Waals surface area contributed by atoms with Crippen LogP contribution in [-0.4, -0.2) is 30.5 Å². The Morgan fingerprint density at radius 2 is 2.12 bits per heavy atom. The van der Waals surface area contributed by atoms with Crippen molar-refractivity contribution in [3.63, 3.8) is 0 Å². The normalized spacial score (nSPS) is 23.8. The molecule has 0 saturated carbocycles. The lowest BCUT2D eigenvalue weighted by Crippen LogP contribution is -2.29. The largest absolute Gasteiger partial charge is 0.394 e. The molecule has 3 nitrogen and oxygen atoms in total. The van der Waals surface area contributed by atoms with E-state index >= 15 is 0 Å². The number of aliphatic hydroxyl groups is 1. The number of rotatable bonds is 5. The van der Waals surface area contributed by atoms with Crippen molar-refractivity contribution >= 4 is 0 Å². The van der Waals surface area contributed by atoms with E-state index in [1.807, 2.05) is 42.5 Å². The Morgan fingerprint density at radius 1 is 1.29 bits per heavy atom. The summed E-state index contributed by atoms with van der Waals surface area (Å²) < 4.78 is 11.2. The average molecular weight is 234 g/mol. The van der Waals surface area contributed by atoms with Gasteiger partial charge in [0.25, 0.3) is 0 Å². The molecule has 3 heteroatoms. The van der Waals surface area contributed by atoms with Gasteiger partial charge in [0.1, 0.15) is 0 Å². The van der Waals surface area contributed by atoms with Gasteiger partial charge in [-0.2, -0.15) is 0 Å². The predicted octanol–water partition coefficient (Wildman–Crippen LogP) is 1.91. The molecule has 1 aliphatic heterocycles. The molecule has 1 N–H and O–H groups in total. The monoisotopic (exact) mass is 234 g/mol. The summed E-state index contributed by atoms with van der Waals surface area (Å²) in [6, 6.07) is 10.1. The molecule has 0 radical (unpaired) electrons. The molecular weight excluding hydrogens is 216 g/mol. The van der Waals surface area contributed by atoms with E-state index in [0.717, 1.165) is 12.0 Å². The first-order valence-electron chi connectivity index (χ1n) is 5.93. The Kier molecular flexibility index (Phi) is 4.74. The number of hydrogen-bond donors (Lipinski definition) is 1. The van der Waals surface area contributed by atoms with Gasteiger partial charge < -0.3 is 14.6 Å². The minimum atomic E-state index is -0.0784. The molecule has 1 aliphatic rings. The molecular formula is C14H18O3. The third kappa shape index (κ3) is 3.97. The highest BCUT2D eigenvalue weighted by molar-refractivity contribution is 5.13. The van der Waals surface area contributed by atoms with Crippen LogP contribution in [0.15, 0.2) is 42.5 Å². The van der Waals surface area contributed by atoms with Crippen molar-refractivity contribution < 1.29 is 14.6 Å². The van der Waals surface area contributed by atoms with Crippen LogP contribution < -0.4 is 0 Å². The Morgan fingerprint density at radius 3 is 2.88 bits per heavy atom. The smallest absolute Gasteiger partial charge is 0.0994 e. The Hall–Kier alpha value is -1.16. The topological polar surface area (TPSA) is 38.7 Å². The fourth-order valence-corrected chi connectivity index (χ4v) is 1.81. The highest BCUT2D eigenvalue weighted by Gasteiger charge is 2.17. The van der Waals surface area contributed by atoms with Crippen LogP contribution in [0.5, 0.6) is 0 Å². The summed E-state index contributed by atoms with van der Waals surface area (Å²) in [6.45, 7) is 1.19. The van der Waals surface area contributed by atoms with E-state index in [4.69, 9.17) is 14.6 Å². The Labute approximate surface area is 102 Å². The standard InChI is InChI=1S/C14H18O3/c15-9-13-7-4-8-14(17-13)11-16-10-12-5-2-1-3-6-12/h1-6,8,13-15H,7,9-11H2/t13-,14-/m0/s1. The van der Waals surface area contributed by atoms with Gasteiger partial charge in [0.2, 0.25) is 0 Å². The summed E-state index contributed by atoms with van der Waals surface area (Å²) in [5, 5.41) is 9.01. The molecule has 0 unspecified atom stereocenters. The number of hydrogen-bond acceptors (Lipinski definition) is 3. The highest BCUT2D eigenvalue weighted by atomic mass is 16.5. The second-order valence-corrected chi connectivity index (χ2v) is 4.14. The minimum absolute atomic E-state index is 0.0374. The van der Waals surface area contributed by atoms with Crippen molar-refractivity contribution in [1.29, 1.82) is 0 Å². The molecule has 0 fully saturated rings. The van der Waals surface area contributed by atoms with Crippen LogP contribution in [0.3, 0.4) is 0 Å². The molecule has 2 rings (SSSR count). The van der Waals surface area contributed by atoms with E-state index in [0.29, 0.717) is 13.2 Å². The van der Waals surface area contributed by atoms with Gasteiger partial charge in [-0.3, -0.25) is 0 Å². The second-order valence-electron chi connectivity index (χ2n) is 4.14. The summed E-state index contributed by atoms with van der Waals surface area (Å²) >= 11 is 0. The lowest BCUT2D eigenvalue weighted by Gasteiger charge is -2.24. The number of benzene rings is 1. The van der Waals surface area contributed by atoms with Crippen LogP contribution >= 0.6 is 0 Å². The van der Waals surface area contributed by atoms with E-state index < -0.39 is 0 Å². The molecule has 1 aromatic carbocycles. The first kappa shape index (κ1) is 12.3. The molecule has 0 saturated heterocycles. The third-order valence-corrected chi connectivity index (χ3v) is 2.71. The minimum Gasteiger partial charge on any atom is -0.394 e. The number of ether oxygens (including phenoxy) is 2. The molecule has 2 atom stereocenters. The Balaban J connectivity index is 1.72. The SMILES string of the molecule is OC[C@@H]1CC=C[C@@H](COCc2ccccc2)O1. The average Bonchev–Trinajstić information content (AvgIpc) is 2.40. The molecule has 0 aliphatic carbocycles. The molecule has 0 spiro atoms. The second kappa shape index (κ2) is 6.55. The fraction of sp³-hybridized carbons (Fsp3) is 0.429. The summed E-state index contributed by atoms with van der Waals surface area (Å²) in [7, 11) is 0. The lowest BCUT2D eigenvalue weighted by atomic mass is 10.1. The van der Waals surface area contributed by atoms with E-state index in [1.165, 1.54) is 0 Å². The van der Waals surface area contributed by atoms with Gasteiger partial charge >= 0.3 is 0 Å². The molecule has 0 aromatic heterocycles.